The van der Waals surface area contributed by atoms with E-state index in [0.29, 0.717) is 28.5 Å². The zero-order valence-electron chi connectivity index (χ0n) is 18.0. The number of carbonyl (C=O) groups is 2. The van der Waals surface area contributed by atoms with Crippen LogP contribution >= 0.6 is 0 Å². The van der Waals surface area contributed by atoms with E-state index in [0.717, 1.165) is 5.39 Å². The van der Waals surface area contributed by atoms with E-state index >= 15 is 0 Å². The Bertz CT molecular complexity index is 1080. The fourth-order valence-corrected chi connectivity index (χ4v) is 3.17. The Balaban J connectivity index is 1.88. The standard InChI is InChI=1S/C23H26N4O4/c1-14(2)20(23(29)31-4)27-21-15-9-5-7-11-17(15)25-19(26-21)13-24-22(28)16-10-6-8-12-18(16)30-3/h5-12,14,20H,13H2,1-4H3,(H,24,28)(H,25,26,27)/t20-/m0/s1. The van der Waals surface area contributed by atoms with Crippen LogP contribution in [0.15, 0.2) is 48.5 Å². The number of hydrogen-bond donors (Lipinski definition) is 2. The number of aromatic nitrogens is 2. The van der Waals surface area contributed by atoms with E-state index in [2.05, 4.69) is 20.6 Å². The number of fused-ring (bicyclic) bond motifs is 1. The summed E-state index contributed by atoms with van der Waals surface area (Å²) in [6.45, 7) is 3.96. The van der Waals surface area contributed by atoms with Gasteiger partial charge in [-0.15, -0.1) is 0 Å². The van der Waals surface area contributed by atoms with Crippen LogP contribution in [0.5, 0.6) is 5.75 Å². The van der Waals surface area contributed by atoms with Crippen molar-refractivity contribution in [3.05, 3.63) is 59.9 Å². The van der Waals surface area contributed by atoms with Gasteiger partial charge >= 0.3 is 5.97 Å². The molecule has 0 spiro atoms. The molecule has 2 N–H and O–H groups in total. The Hall–Kier alpha value is -3.68. The zero-order valence-corrected chi connectivity index (χ0v) is 18.0. The summed E-state index contributed by atoms with van der Waals surface area (Å²) in [4.78, 5) is 34.0. The number of anilines is 1. The first kappa shape index (κ1) is 22.0. The summed E-state index contributed by atoms with van der Waals surface area (Å²) >= 11 is 0. The number of esters is 1. The van der Waals surface area contributed by atoms with Crippen molar-refractivity contribution in [2.75, 3.05) is 19.5 Å². The van der Waals surface area contributed by atoms with Gasteiger partial charge in [0.1, 0.15) is 17.6 Å². The highest BCUT2D eigenvalue weighted by Gasteiger charge is 2.24. The van der Waals surface area contributed by atoms with Crippen molar-refractivity contribution in [2.24, 2.45) is 5.92 Å². The van der Waals surface area contributed by atoms with E-state index in [1.165, 1.54) is 14.2 Å². The van der Waals surface area contributed by atoms with Crippen molar-refractivity contribution in [1.29, 1.82) is 0 Å². The molecule has 3 rings (SSSR count). The van der Waals surface area contributed by atoms with E-state index in [9.17, 15) is 9.59 Å². The highest BCUT2D eigenvalue weighted by molar-refractivity contribution is 5.97. The maximum atomic E-state index is 12.6. The van der Waals surface area contributed by atoms with Gasteiger partial charge in [0.2, 0.25) is 0 Å². The second-order valence-electron chi connectivity index (χ2n) is 7.28. The van der Waals surface area contributed by atoms with Gasteiger partial charge in [-0.3, -0.25) is 4.79 Å². The first-order valence-electron chi connectivity index (χ1n) is 9.95. The molecule has 2 aromatic carbocycles. The van der Waals surface area contributed by atoms with Crippen molar-refractivity contribution >= 4 is 28.6 Å². The van der Waals surface area contributed by atoms with Gasteiger partial charge in [-0.05, 0) is 30.2 Å². The third kappa shape index (κ3) is 5.09. The van der Waals surface area contributed by atoms with Crippen LogP contribution in [-0.4, -0.2) is 42.1 Å². The minimum Gasteiger partial charge on any atom is -0.496 e. The lowest BCUT2D eigenvalue weighted by Gasteiger charge is -2.21. The Kier molecular flexibility index (Phi) is 7.02. The van der Waals surface area contributed by atoms with Gasteiger partial charge in [0.15, 0.2) is 5.82 Å². The molecular formula is C23H26N4O4. The largest absolute Gasteiger partial charge is 0.496 e. The van der Waals surface area contributed by atoms with Crippen LogP contribution in [0.3, 0.4) is 0 Å². The van der Waals surface area contributed by atoms with Crippen LogP contribution in [0.1, 0.15) is 30.0 Å². The van der Waals surface area contributed by atoms with E-state index < -0.39 is 6.04 Å². The molecule has 0 saturated heterocycles. The number of hydrogen-bond acceptors (Lipinski definition) is 7. The summed E-state index contributed by atoms with van der Waals surface area (Å²) in [5.41, 5.74) is 1.13. The molecular weight excluding hydrogens is 396 g/mol. The van der Waals surface area contributed by atoms with Crippen molar-refractivity contribution in [1.82, 2.24) is 15.3 Å². The highest BCUT2D eigenvalue weighted by atomic mass is 16.5. The molecule has 0 aliphatic heterocycles. The summed E-state index contributed by atoms with van der Waals surface area (Å²) in [6, 6.07) is 13.9. The average molecular weight is 422 g/mol. The van der Waals surface area contributed by atoms with Gasteiger partial charge in [-0.25, -0.2) is 14.8 Å². The number of ether oxygens (including phenoxy) is 2. The number of benzene rings is 2. The smallest absolute Gasteiger partial charge is 0.328 e. The third-order valence-corrected chi connectivity index (χ3v) is 4.82. The molecule has 1 aromatic heterocycles. The lowest BCUT2D eigenvalue weighted by molar-refractivity contribution is -0.142. The van der Waals surface area contributed by atoms with Gasteiger partial charge in [0, 0.05) is 5.39 Å². The number of rotatable bonds is 8. The lowest BCUT2D eigenvalue weighted by atomic mass is 10.0. The summed E-state index contributed by atoms with van der Waals surface area (Å²) in [7, 11) is 2.87. The molecule has 31 heavy (non-hydrogen) atoms. The first-order chi connectivity index (χ1) is 14.9. The number of methoxy groups -OCH3 is 2. The second kappa shape index (κ2) is 9.88. The Morgan fingerprint density at radius 2 is 1.71 bits per heavy atom. The molecule has 3 aromatic rings. The molecule has 162 valence electrons. The zero-order chi connectivity index (χ0) is 22.4. The molecule has 8 heteroatoms. The summed E-state index contributed by atoms with van der Waals surface area (Å²) < 4.78 is 10.2. The molecule has 0 fully saturated rings. The highest BCUT2D eigenvalue weighted by Crippen LogP contribution is 2.23. The average Bonchev–Trinajstić information content (AvgIpc) is 2.80. The molecule has 0 aliphatic rings. The molecule has 1 atom stereocenters. The van der Waals surface area contributed by atoms with E-state index in [4.69, 9.17) is 9.47 Å². The first-order valence-corrected chi connectivity index (χ1v) is 9.95. The Labute approximate surface area is 181 Å². The lowest BCUT2D eigenvalue weighted by Crippen LogP contribution is -2.36. The van der Waals surface area contributed by atoms with E-state index in [-0.39, 0.29) is 24.3 Å². The quantitative estimate of drug-likeness (QED) is 0.538. The summed E-state index contributed by atoms with van der Waals surface area (Å²) in [5.74, 6) is 0.727. The monoisotopic (exact) mass is 422 g/mol. The van der Waals surface area contributed by atoms with Crippen LogP contribution in [0.4, 0.5) is 5.82 Å². The van der Waals surface area contributed by atoms with Gasteiger partial charge in [0.25, 0.3) is 5.91 Å². The van der Waals surface area contributed by atoms with Gasteiger partial charge < -0.3 is 20.1 Å². The third-order valence-electron chi connectivity index (χ3n) is 4.82. The number of amides is 1. The Morgan fingerprint density at radius 1 is 1.00 bits per heavy atom. The van der Waals surface area contributed by atoms with Gasteiger partial charge in [-0.2, -0.15) is 0 Å². The molecule has 0 bridgehead atoms. The summed E-state index contributed by atoms with van der Waals surface area (Å²) in [6.07, 6.45) is 0. The number of nitrogens with zero attached hydrogens (tertiary/aromatic N) is 2. The van der Waals surface area contributed by atoms with Crippen molar-refractivity contribution in [3.8, 4) is 5.75 Å². The molecule has 0 radical (unpaired) electrons. The molecule has 0 unspecified atom stereocenters. The molecule has 0 saturated carbocycles. The minimum atomic E-state index is -0.570. The molecule has 1 heterocycles. The van der Waals surface area contributed by atoms with Crippen LogP contribution in [0.2, 0.25) is 0 Å². The molecule has 1 amide bonds. The van der Waals surface area contributed by atoms with Crippen molar-refractivity contribution in [3.63, 3.8) is 0 Å². The van der Waals surface area contributed by atoms with Gasteiger partial charge in [-0.1, -0.05) is 38.1 Å². The fourth-order valence-electron chi connectivity index (χ4n) is 3.17. The number of nitrogens with one attached hydrogen (secondary N) is 2. The van der Waals surface area contributed by atoms with Crippen LogP contribution in [-0.2, 0) is 16.1 Å². The van der Waals surface area contributed by atoms with Crippen LogP contribution in [0, 0.1) is 5.92 Å². The Morgan fingerprint density at radius 3 is 2.42 bits per heavy atom. The van der Waals surface area contributed by atoms with E-state index in [1.807, 2.05) is 38.1 Å². The second-order valence-corrected chi connectivity index (χ2v) is 7.28. The predicted molar refractivity (Wildman–Crippen MR) is 118 cm³/mol. The number of para-hydroxylation sites is 2. The summed E-state index contributed by atoms with van der Waals surface area (Å²) in [5, 5.41) is 6.80. The maximum absolute atomic E-state index is 12.6. The maximum Gasteiger partial charge on any atom is 0.328 e. The van der Waals surface area contributed by atoms with E-state index in [1.54, 1.807) is 24.3 Å². The molecule has 8 nitrogen and oxygen atoms in total. The normalized spacial score (nSPS) is 11.8. The van der Waals surface area contributed by atoms with Gasteiger partial charge in [0.05, 0.1) is 31.8 Å². The van der Waals surface area contributed by atoms with Crippen LogP contribution < -0.4 is 15.4 Å². The molecule has 0 aliphatic carbocycles. The van der Waals surface area contributed by atoms with Crippen molar-refractivity contribution in [2.45, 2.75) is 26.4 Å². The SMILES string of the molecule is COC(=O)[C@@H](Nc1nc(CNC(=O)c2ccccc2OC)nc2ccccc12)C(C)C. The minimum absolute atomic E-state index is 0.0186. The number of carbonyl (C=O) groups excluding carboxylic acids is 2. The predicted octanol–water partition coefficient (Wildman–Crippen LogP) is 3.18. The fraction of sp³-hybridized carbons (Fsp3) is 0.304. The van der Waals surface area contributed by atoms with Crippen molar-refractivity contribution < 1.29 is 19.1 Å². The van der Waals surface area contributed by atoms with Crippen LogP contribution in [0.25, 0.3) is 10.9 Å². The topological polar surface area (TPSA) is 102 Å².